The van der Waals surface area contributed by atoms with E-state index in [-0.39, 0.29) is 23.8 Å². The Kier molecular flexibility index (Phi) is 5.73. The van der Waals surface area contributed by atoms with Crippen LogP contribution in [0.25, 0.3) is 0 Å². The van der Waals surface area contributed by atoms with E-state index >= 15 is 0 Å². The fourth-order valence-electron chi connectivity index (χ4n) is 1.59. The summed E-state index contributed by atoms with van der Waals surface area (Å²) in [5, 5.41) is 0.368. The molecule has 1 aromatic carbocycles. The van der Waals surface area contributed by atoms with Gasteiger partial charge in [-0.15, -0.1) is 0 Å². The van der Waals surface area contributed by atoms with Crippen molar-refractivity contribution in [2.24, 2.45) is 0 Å². The number of halogens is 2. The molecule has 2 aromatic rings. The number of nitrogen functional groups attached to an aromatic ring is 1. The van der Waals surface area contributed by atoms with Crippen molar-refractivity contribution in [3.8, 4) is 0 Å². The third-order valence-corrected chi connectivity index (χ3v) is 4.07. The number of esters is 1. The second-order valence-electron chi connectivity index (χ2n) is 4.20. The Morgan fingerprint density at radius 3 is 2.91 bits per heavy atom. The number of nitrogens with two attached hydrogens (primary N) is 1. The molecule has 8 heteroatoms. The Balaban J connectivity index is 2.08. The fourth-order valence-corrected chi connectivity index (χ4v) is 2.74. The van der Waals surface area contributed by atoms with Gasteiger partial charge in [-0.1, -0.05) is 33.8 Å². The summed E-state index contributed by atoms with van der Waals surface area (Å²) in [4.78, 5) is 19.7. The number of thioether (sulfide) groups is 1. The summed E-state index contributed by atoms with van der Waals surface area (Å²) in [5.41, 5.74) is 6.38. The second-order valence-corrected chi connectivity index (χ2v) is 6.05. The van der Waals surface area contributed by atoms with Crippen LogP contribution in [-0.4, -0.2) is 22.5 Å². The van der Waals surface area contributed by atoms with Crippen molar-refractivity contribution in [1.82, 2.24) is 9.97 Å². The van der Waals surface area contributed by atoms with E-state index in [0.29, 0.717) is 20.9 Å². The summed E-state index contributed by atoms with van der Waals surface area (Å²) in [7, 11) is 0. The van der Waals surface area contributed by atoms with Gasteiger partial charge in [-0.25, -0.2) is 19.2 Å². The first kappa shape index (κ1) is 16.7. The number of aromatic nitrogens is 2. The van der Waals surface area contributed by atoms with Crippen molar-refractivity contribution in [3.05, 3.63) is 45.8 Å². The number of ether oxygens (including phenoxy) is 1. The van der Waals surface area contributed by atoms with E-state index in [9.17, 15) is 9.18 Å². The van der Waals surface area contributed by atoms with Crippen LogP contribution in [0.1, 0.15) is 22.8 Å². The number of hydrogen-bond acceptors (Lipinski definition) is 6. The smallest absolute Gasteiger partial charge is 0.343 e. The zero-order chi connectivity index (χ0) is 16.1. The number of anilines is 1. The normalized spacial score (nSPS) is 10.5. The van der Waals surface area contributed by atoms with E-state index in [1.54, 1.807) is 19.1 Å². The molecule has 0 saturated carbocycles. The lowest BCUT2D eigenvalue weighted by atomic mass is 10.2. The minimum atomic E-state index is -0.560. The molecule has 0 aliphatic heterocycles. The third kappa shape index (κ3) is 4.17. The van der Waals surface area contributed by atoms with E-state index < -0.39 is 5.97 Å². The highest BCUT2D eigenvalue weighted by Crippen LogP contribution is 2.24. The molecule has 116 valence electrons. The maximum absolute atomic E-state index is 13.7. The standard InChI is InChI=1S/C14H13BrFN3O2S/c1-2-21-13(20)10-6-18-14(19-12(10)17)22-7-8-3-4-9(15)5-11(8)16/h3-6H,2,7H2,1H3,(H2,17,18,19). The molecule has 22 heavy (non-hydrogen) atoms. The van der Waals surface area contributed by atoms with Gasteiger partial charge in [0.05, 0.1) is 6.61 Å². The molecule has 0 aliphatic rings. The highest BCUT2D eigenvalue weighted by Gasteiger charge is 2.14. The predicted octanol–water partition coefficient (Wildman–Crippen LogP) is 3.43. The van der Waals surface area contributed by atoms with Crippen molar-refractivity contribution in [1.29, 1.82) is 0 Å². The molecule has 0 spiro atoms. The van der Waals surface area contributed by atoms with Crippen LogP contribution in [0.4, 0.5) is 10.2 Å². The van der Waals surface area contributed by atoms with Crippen molar-refractivity contribution < 1.29 is 13.9 Å². The van der Waals surface area contributed by atoms with Crippen molar-refractivity contribution in [2.45, 2.75) is 17.8 Å². The molecule has 0 amide bonds. The van der Waals surface area contributed by atoms with Gasteiger partial charge in [-0.05, 0) is 24.6 Å². The van der Waals surface area contributed by atoms with Gasteiger partial charge in [0.15, 0.2) is 5.16 Å². The SMILES string of the molecule is CCOC(=O)c1cnc(SCc2ccc(Br)cc2F)nc1N. The van der Waals surface area contributed by atoms with Crippen LogP contribution in [0.5, 0.6) is 0 Å². The summed E-state index contributed by atoms with van der Waals surface area (Å²) < 4.78 is 19.2. The number of hydrogen-bond donors (Lipinski definition) is 1. The third-order valence-electron chi connectivity index (χ3n) is 2.66. The van der Waals surface area contributed by atoms with Crippen LogP contribution in [0.15, 0.2) is 34.0 Å². The maximum Gasteiger partial charge on any atom is 0.343 e. The van der Waals surface area contributed by atoms with Gasteiger partial charge in [0.1, 0.15) is 17.2 Å². The van der Waals surface area contributed by atoms with Gasteiger partial charge in [0.25, 0.3) is 0 Å². The van der Waals surface area contributed by atoms with E-state index in [1.807, 2.05) is 0 Å². The van der Waals surface area contributed by atoms with Crippen LogP contribution >= 0.6 is 27.7 Å². The van der Waals surface area contributed by atoms with Crippen LogP contribution in [-0.2, 0) is 10.5 Å². The van der Waals surface area contributed by atoms with E-state index in [4.69, 9.17) is 10.5 Å². The zero-order valence-electron chi connectivity index (χ0n) is 11.7. The Labute approximate surface area is 139 Å². The monoisotopic (exact) mass is 385 g/mol. The first-order valence-corrected chi connectivity index (χ1v) is 8.15. The van der Waals surface area contributed by atoms with E-state index in [1.165, 1.54) is 24.0 Å². The number of carbonyl (C=O) groups excluding carboxylic acids is 1. The topological polar surface area (TPSA) is 78.1 Å². The molecule has 0 atom stereocenters. The van der Waals surface area contributed by atoms with Gasteiger partial charge in [0.2, 0.25) is 0 Å². The molecule has 2 N–H and O–H groups in total. The van der Waals surface area contributed by atoms with Crippen LogP contribution in [0.2, 0.25) is 0 Å². The lowest BCUT2D eigenvalue weighted by molar-refractivity contribution is 0.0526. The molecule has 1 heterocycles. The molecular weight excluding hydrogens is 373 g/mol. The van der Waals surface area contributed by atoms with Gasteiger partial charge in [0, 0.05) is 16.4 Å². The second kappa shape index (κ2) is 7.55. The number of benzene rings is 1. The molecule has 0 saturated heterocycles. The predicted molar refractivity (Wildman–Crippen MR) is 86.1 cm³/mol. The first-order chi connectivity index (χ1) is 10.5. The summed E-state index contributed by atoms with van der Waals surface area (Å²) in [5.74, 6) is -0.460. The Hall–Kier alpha value is -1.67. The van der Waals surface area contributed by atoms with Crippen LogP contribution < -0.4 is 5.73 Å². The average Bonchev–Trinajstić information content (AvgIpc) is 2.46. The van der Waals surface area contributed by atoms with Gasteiger partial charge < -0.3 is 10.5 Å². The highest BCUT2D eigenvalue weighted by atomic mass is 79.9. The largest absolute Gasteiger partial charge is 0.462 e. The van der Waals surface area contributed by atoms with E-state index in [2.05, 4.69) is 25.9 Å². The Bertz CT molecular complexity index is 700. The van der Waals surface area contributed by atoms with Crippen LogP contribution in [0.3, 0.4) is 0 Å². The maximum atomic E-state index is 13.7. The molecule has 0 unspecified atom stereocenters. The fraction of sp³-hybridized carbons (Fsp3) is 0.214. The molecule has 2 rings (SSSR count). The summed E-state index contributed by atoms with van der Waals surface area (Å²) in [6.07, 6.45) is 1.32. The number of rotatable bonds is 5. The van der Waals surface area contributed by atoms with Gasteiger partial charge in [-0.3, -0.25) is 0 Å². The number of carbonyl (C=O) groups is 1. The minimum Gasteiger partial charge on any atom is -0.462 e. The van der Waals surface area contributed by atoms with E-state index in [0.717, 1.165) is 0 Å². The molecule has 1 aromatic heterocycles. The molecule has 0 fully saturated rings. The van der Waals surface area contributed by atoms with Crippen molar-refractivity contribution in [2.75, 3.05) is 12.3 Å². The summed E-state index contributed by atoms with van der Waals surface area (Å²) >= 11 is 4.44. The Morgan fingerprint density at radius 1 is 1.50 bits per heavy atom. The Morgan fingerprint density at radius 2 is 2.27 bits per heavy atom. The van der Waals surface area contributed by atoms with Crippen LogP contribution in [0, 0.1) is 5.82 Å². The lowest BCUT2D eigenvalue weighted by Crippen LogP contribution is -2.10. The molecule has 0 radical (unpaired) electrons. The van der Waals surface area contributed by atoms with Crippen molar-refractivity contribution >= 4 is 39.5 Å². The molecule has 5 nitrogen and oxygen atoms in total. The average molecular weight is 386 g/mol. The minimum absolute atomic E-state index is 0.0484. The first-order valence-electron chi connectivity index (χ1n) is 6.37. The van der Waals surface area contributed by atoms with Gasteiger partial charge >= 0.3 is 5.97 Å². The highest BCUT2D eigenvalue weighted by molar-refractivity contribution is 9.10. The van der Waals surface area contributed by atoms with Gasteiger partial charge in [-0.2, -0.15) is 0 Å². The lowest BCUT2D eigenvalue weighted by Gasteiger charge is -2.06. The van der Waals surface area contributed by atoms with Crippen molar-refractivity contribution in [3.63, 3.8) is 0 Å². The molecule has 0 aliphatic carbocycles. The summed E-state index contributed by atoms with van der Waals surface area (Å²) in [6.45, 7) is 1.95. The quantitative estimate of drug-likeness (QED) is 0.482. The molecule has 0 bridgehead atoms. The zero-order valence-corrected chi connectivity index (χ0v) is 14.1. The number of nitrogens with zero attached hydrogens (tertiary/aromatic N) is 2. The summed E-state index contributed by atoms with van der Waals surface area (Å²) in [6, 6.07) is 4.84. The molecular formula is C14H13BrFN3O2S.